The fourth-order valence-corrected chi connectivity index (χ4v) is 5.61. The van der Waals surface area contributed by atoms with Gasteiger partial charge in [-0.2, -0.15) is 0 Å². The van der Waals surface area contributed by atoms with Crippen molar-refractivity contribution in [2.75, 3.05) is 6.61 Å². The normalized spacial score (nSPS) is 21.0. The first-order valence-electron chi connectivity index (χ1n) is 11.9. The highest BCUT2D eigenvalue weighted by molar-refractivity contribution is 5.81. The highest BCUT2D eigenvalue weighted by atomic mass is 16.5. The van der Waals surface area contributed by atoms with E-state index in [1.54, 1.807) is 6.92 Å². The predicted octanol–water partition coefficient (Wildman–Crippen LogP) is 4.26. The molecule has 1 saturated carbocycles. The van der Waals surface area contributed by atoms with E-state index in [0.717, 1.165) is 41.5 Å². The van der Waals surface area contributed by atoms with E-state index < -0.39 is 29.4 Å². The van der Waals surface area contributed by atoms with Crippen LogP contribution in [0.2, 0.25) is 0 Å². The van der Waals surface area contributed by atoms with Gasteiger partial charge in [0.1, 0.15) is 6.61 Å². The SMILES string of the molecule is CC(C(=O)OCC1c2ccccc2-c2ccccc21)[C@@H](CCC1CCCC(N)(N)C1)C(=O)O. The number of aliphatic carboxylic acids is 1. The molecule has 2 aliphatic rings. The summed E-state index contributed by atoms with van der Waals surface area (Å²) in [7, 11) is 0. The first-order valence-corrected chi connectivity index (χ1v) is 11.9. The molecule has 0 saturated heterocycles. The summed E-state index contributed by atoms with van der Waals surface area (Å²) in [6.07, 6.45) is 4.56. The zero-order valence-electron chi connectivity index (χ0n) is 19.2. The van der Waals surface area contributed by atoms with Crippen LogP contribution < -0.4 is 11.5 Å². The van der Waals surface area contributed by atoms with E-state index in [1.807, 2.05) is 24.3 Å². The molecule has 0 aromatic heterocycles. The molecule has 0 amide bonds. The molecular formula is C27H34N2O4. The molecule has 0 spiro atoms. The predicted molar refractivity (Wildman–Crippen MR) is 127 cm³/mol. The van der Waals surface area contributed by atoms with Gasteiger partial charge < -0.3 is 21.3 Å². The average Bonchev–Trinajstić information content (AvgIpc) is 3.10. The topological polar surface area (TPSA) is 116 Å². The summed E-state index contributed by atoms with van der Waals surface area (Å²) in [5.41, 5.74) is 16.1. The number of ether oxygens (including phenoxy) is 1. The number of esters is 1. The zero-order chi connectivity index (χ0) is 23.6. The minimum absolute atomic E-state index is 0.0405. The van der Waals surface area contributed by atoms with E-state index in [-0.39, 0.29) is 12.5 Å². The summed E-state index contributed by atoms with van der Waals surface area (Å²) in [5, 5.41) is 9.81. The van der Waals surface area contributed by atoms with E-state index in [9.17, 15) is 14.7 Å². The summed E-state index contributed by atoms with van der Waals surface area (Å²) < 4.78 is 5.72. The number of benzene rings is 2. The fraction of sp³-hybridized carbons (Fsp3) is 0.481. The third-order valence-corrected chi connectivity index (χ3v) is 7.46. The molecule has 5 N–H and O–H groups in total. The van der Waals surface area contributed by atoms with Crippen LogP contribution in [-0.4, -0.2) is 29.3 Å². The monoisotopic (exact) mass is 450 g/mol. The van der Waals surface area contributed by atoms with Crippen molar-refractivity contribution >= 4 is 11.9 Å². The van der Waals surface area contributed by atoms with E-state index >= 15 is 0 Å². The third-order valence-electron chi connectivity index (χ3n) is 7.46. The molecule has 2 aliphatic carbocycles. The van der Waals surface area contributed by atoms with Gasteiger partial charge in [0.15, 0.2) is 0 Å². The van der Waals surface area contributed by atoms with Gasteiger partial charge in [0, 0.05) is 5.92 Å². The Balaban J connectivity index is 1.38. The highest BCUT2D eigenvalue weighted by Crippen LogP contribution is 2.44. The minimum atomic E-state index is -0.960. The largest absolute Gasteiger partial charge is 0.481 e. The summed E-state index contributed by atoms with van der Waals surface area (Å²) >= 11 is 0. The van der Waals surface area contributed by atoms with Crippen LogP contribution in [0.3, 0.4) is 0 Å². The summed E-state index contributed by atoms with van der Waals surface area (Å²) in [4.78, 5) is 24.9. The average molecular weight is 451 g/mol. The van der Waals surface area contributed by atoms with Crippen LogP contribution in [0.15, 0.2) is 48.5 Å². The number of rotatable bonds is 8. The van der Waals surface area contributed by atoms with Crippen LogP contribution in [0, 0.1) is 17.8 Å². The summed E-state index contributed by atoms with van der Waals surface area (Å²) in [6, 6.07) is 16.3. The van der Waals surface area contributed by atoms with Gasteiger partial charge in [-0.05, 0) is 53.9 Å². The quantitative estimate of drug-likeness (QED) is 0.409. The van der Waals surface area contributed by atoms with Gasteiger partial charge in [-0.15, -0.1) is 0 Å². The number of carboxylic acids is 1. The lowest BCUT2D eigenvalue weighted by Crippen LogP contribution is -2.52. The van der Waals surface area contributed by atoms with Crippen molar-refractivity contribution in [1.29, 1.82) is 0 Å². The van der Waals surface area contributed by atoms with Gasteiger partial charge >= 0.3 is 11.9 Å². The van der Waals surface area contributed by atoms with Crippen molar-refractivity contribution in [3.63, 3.8) is 0 Å². The Kier molecular flexibility index (Phi) is 6.86. The molecule has 6 nitrogen and oxygen atoms in total. The van der Waals surface area contributed by atoms with E-state index in [1.165, 1.54) is 0 Å². The van der Waals surface area contributed by atoms with Crippen LogP contribution in [0.5, 0.6) is 0 Å². The number of fused-ring (bicyclic) bond motifs is 3. The maximum atomic E-state index is 12.9. The lowest BCUT2D eigenvalue weighted by Gasteiger charge is -2.35. The van der Waals surface area contributed by atoms with Crippen molar-refractivity contribution in [2.45, 2.75) is 57.0 Å². The summed E-state index contributed by atoms with van der Waals surface area (Å²) in [5.74, 6) is -2.67. The molecule has 1 fully saturated rings. The molecule has 2 aromatic rings. The van der Waals surface area contributed by atoms with Crippen molar-refractivity contribution in [1.82, 2.24) is 0 Å². The Morgan fingerprint density at radius 1 is 1.09 bits per heavy atom. The molecule has 33 heavy (non-hydrogen) atoms. The van der Waals surface area contributed by atoms with Crippen LogP contribution in [0.25, 0.3) is 11.1 Å². The first kappa shape index (κ1) is 23.5. The lowest BCUT2D eigenvalue weighted by atomic mass is 9.77. The third kappa shape index (κ3) is 5.12. The van der Waals surface area contributed by atoms with Crippen molar-refractivity contribution < 1.29 is 19.4 Å². The van der Waals surface area contributed by atoms with Gasteiger partial charge in [-0.3, -0.25) is 9.59 Å². The number of carbonyl (C=O) groups excluding carboxylic acids is 1. The zero-order valence-corrected chi connectivity index (χ0v) is 19.2. The smallest absolute Gasteiger partial charge is 0.309 e. The maximum absolute atomic E-state index is 12.9. The van der Waals surface area contributed by atoms with Gasteiger partial charge in [0.2, 0.25) is 0 Å². The number of carbonyl (C=O) groups is 2. The Morgan fingerprint density at radius 2 is 1.70 bits per heavy atom. The molecule has 6 heteroatoms. The van der Waals surface area contributed by atoms with Gasteiger partial charge in [-0.25, -0.2) is 0 Å². The fourth-order valence-electron chi connectivity index (χ4n) is 5.61. The van der Waals surface area contributed by atoms with E-state index in [4.69, 9.17) is 16.2 Å². The van der Waals surface area contributed by atoms with Crippen LogP contribution >= 0.6 is 0 Å². The van der Waals surface area contributed by atoms with Crippen molar-refractivity contribution in [2.24, 2.45) is 29.2 Å². The Morgan fingerprint density at radius 3 is 2.27 bits per heavy atom. The number of carboxylic acid groups (broad SMARTS) is 1. The highest BCUT2D eigenvalue weighted by Gasteiger charge is 2.35. The van der Waals surface area contributed by atoms with Crippen LogP contribution in [0.1, 0.15) is 62.5 Å². The Hall–Kier alpha value is -2.70. The van der Waals surface area contributed by atoms with Gasteiger partial charge in [0.25, 0.3) is 0 Å². The molecule has 176 valence electrons. The van der Waals surface area contributed by atoms with Crippen molar-refractivity contribution in [3.8, 4) is 11.1 Å². The molecule has 2 unspecified atom stereocenters. The second kappa shape index (κ2) is 9.65. The molecule has 0 heterocycles. The van der Waals surface area contributed by atoms with Gasteiger partial charge in [-0.1, -0.05) is 68.3 Å². The molecule has 4 rings (SSSR count). The molecule has 2 aromatic carbocycles. The van der Waals surface area contributed by atoms with Crippen LogP contribution in [-0.2, 0) is 14.3 Å². The maximum Gasteiger partial charge on any atom is 0.309 e. The number of nitrogens with two attached hydrogens (primary N) is 2. The van der Waals surface area contributed by atoms with Gasteiger partial charge in [0.05, 0.1) is 17.5 Å². The second-order valence-electron chi connectivity index (χ2n) is 9.86. The second-order valence-corrected chi connectivity index (χ2v) is 9.86. The summed E-state index contributed by atoms with van der Waals surface area (Å²) in [6.45, 7) is 1.86. The molecule has 0 bridgehead atoms. The number of hydrogen-bond donors (Lipinski definition) is 3. The standard InChI is InChI=1S/C27H34N2O4/c1-17(19(25(30)31)13-12-18-7-6-14-27(28,29)15-18)26(32)33-16-24-22-10-4-2-8-20(22)21-9-3-5-11-23(21)24/h2-5,8-11,17-19,24H,6-7,12-16,28-29H2,1H3,(H,30,31)/t17?,18?,19-/m1/s1. The minimum Gasteiger partial charge on any atom is -0.481 e. The molecule has 0 aliphatic heterocycles. The van der Waals surface area contributed by atoms with E-state index in [0.29, 0.717) is 25.2 Å². The Labute approximate surface area is 195 Å². The lowest BCUT2D eigenvalue weighted by molar-refractivity contribution is -0.157. The Bertz CT molecular complexity index is 973. The molecular weight excluding hydrogens is 416 g/mol. The number of hydrogen-bond acceptors (Lipinski definition) is 5. The molecule has 0 radical (unpaired) electrons. The molecule has 3 atom stereocenters. The van der Waals surface area contributed by atoms with Crippen LogP contribution in [0.4, 0.5) is 0 Å². The van der Waals surface area contributed by atoms with Crippen molar-refractivity contribution in [3.05, 3.63) is 59.7 Å². The van der Waals surface area contributed by atoms with E-state index in [2.05, 4.69) is 24.3 Å². The first-order chi connectivity index (χ1) is 15.8.